The molecule has 0 spiro atoms. The number of hydrogen-bond acceptors (Lipinski definition) is 2. The van der Waals surface area contributed by atoms with Crippen LogP contribution in [0.3, 0.4) is 0 Å². The van der Waals surface area contributed by atoms with Crippen molar-refractivity contribution in [1.29, 1.82) is 0 Å². The van der Waals surface area contributed by atoms with Crippen molar-refractivity contribution in [2.75, 3.05) is 20.3 Å². The highest BCUT2D eigenvalue weighted by atomic mass is 16.5. The predicted octanol–water partition coefficient (Wildman–Crippen LogP) is 3.22. The summed E-state index contributed by atoms with van der Waals surface area (Å²) >= 11 is 0. The van der Waals surface area contributed by atoms with Gasteiger partial charge in [-0.15, -0.1) is 0 Å². The maximum Gasteiger partial charge on any atom is 0.0493 e. The molecule has 0 bridgehead atoms. The molecule has 17 heavy (non-hydrogen) atoms. The van der Waals surface area contributed by atoms with Crippen molar-refractivity contribution in [2.45, 2.75) is 57.9 Å². The summed E-state index contributed by atoms with van der Waals surface area (Å²) in [6.45, 7) is 4.51. The Balaban J connectivity index is 1.77. The van der Waals surface area contributed by atoms with Crippen LogP contribution < -0.4 is 5.32 Å². The van der Waals surface area contributed by atoms with E-state index in [4.69, 9.17) is 4.74 Å². The van der Waals surface area contributed by atoms with E-state index in [-0.39, 0.29) is 0 Å². The van der Waals surface area contributed by atoms with Gasteiger partial charge in [0.15, 0.2) is 0 Å². The first-order chi connectivity index (χ1) is 8.33. The average Bonchev–Trinajstić information content (AvgIpc) is 3.13. The summed E-state index contributed by atoms with van der Waals surface area (Å²) in [6, 6.07) is 0.853. The predicted molar refractivity (Wildman–Crippen MR) is 72.1 cm³/mol. The van der Waals surface area contributed by atoms with Gasteiger partial charge >= 0.3 is 0 Å². The minimum Gasteiger partial charge on any atom is -0.384 e. The number of methoxy groups -OCH3 is 1. The van der Waals surface area contributed by atoms with E-state index >= 15 is 0 Å². The van der Waals surface area contributed by atoms with E-state index in [9.17, 15) is 0 Å². The Morgan fingerprint density at radius 2 is 1.94 bits per heavy atom. The molecule has 1 N–H and O–H groups in total. The van der Waals surface area contributed by atoms with Gasteiger partial charge in [0.2, 0.25) is 0 Å². The molecule has 0 heterocycles. The van der Waals surface area contributed by atoms with Crippen molar-refractivity contribution < 1.29 is 4.74 Å². The zero-order chi connectivity index (χ0) is 12.1. The van der Waals surface area contributed by atoms with Gasteiger partial charge in [0.25, 0.3) is 0 Å². The number of nitrogens with one attached hydrogen (secondary N) is 1. The summed E-state index contributed by atoms with van der Waals surface area (Å²) in [5.74, 6) is 2.64. The van der Waals surface area contributed by atoms with Gasteiger partial charge in [-0.1, -0.05) is 26.2 Å². The van der Waals surface area contributed by atoms with Crippen LogP contribution in [0.15, 0.2) is 0 Å². The molecule has 2 saturated carbocycles. The van der Waals surface area contributed by atoms with Gasteiger partial charge in [-0.05, 0) is 50.0 Å². The second kappa shape index (κ2) is 6.75. The first-order valence-corrected chi connectivity index (χ1v) is 7.55. The van der Waals surface area contributed by atoms with Crippen molar-refractivity contribution in [3.8, 4) is 0 Å². The molecule has 0 aliphatic heterocycles. The zero-order valence-corrected chi connectivity index (χ0v) is 11.6. The Morgan fingerprint density at radius 1 is 1.12 bits per heavy atom. The van der Waals surface area contributed by atoms with Crippen molar-refractivity contribution in [3.63, 3.8) is 0 Å². The second-order valence-electron chi connectivity index (χ2n) is 6.13. The van der Waals surface area contributed by atoms with Crippen LogP contribution in [0.2, 0.25) is 0 Å². The Kier molecular flexibility index (Phi) is 5.30. The SMILES string of the molecule is CCCC1CCC(CNC2CC2)C(COC)C1. The number of hydrogen-bond donors (Lipinski definition) is 1. The molecule has 2 rings (SSSR count). The van der Waals surface area contributed by atoms with E-state index in [1.54, 1.807) is 0 Å². The van der Waals surface area contributed by atoms with E-state index in [0.717, 1.165) is 30.4 Å². The molecule has 2 aliphatic carbocycles. The Labute approximate surface area is 107 Å². The molecular weight excluding hydrogens is 210 g/mol. The average molecular weight is 239 g/mol. The fourth-order valence-corrected chi connectivity index (χ4v) is 3.39. The molecule has 2 heteroatoms. The van der Waals surface area contributed by atoms with Gasteiger partial charge < -0.3 is 10.1 Å². The topological polar surface area (TPSA) is 21.3 Å². The normalized spacial score (nSPS) is 33.9. The lowest BCUT2D eigenvalue weighted by atomic mass is 9.73. The molecule has 2 fully saturated rings. The van der Waals surface area contributed by atoms with Crippen LogP contribution in [0.25, 0.3) is 0 Å². The molecule has 0 aromatic rings. The maximum atomic E-state index is 5.43. The molecule has 2 nitrogen and oxygen atoms in total. The van der Waals surface area contributed by atoms with Crippen LogP contribution in [0.5, 0.6) is 0 Å². The van der Waals surface area contributed by atoms with Gasteiger partial charge in [-0.3, -0.25) is 0 Å². The summed E-state index contributed by atoms with van der Waals surface area (Å²) in [5, 5.41) is 3.71. The van der Waals surface area contributed by atoms with Gasteiger partial charge in [-0.2, -0.15) is 0 Å². The second-order valence-corrected chi connectivity index (χ2v) is 6.13. The molecule has 0 amide bonds. The van der Waals surface area contributed by atoms with Crippen LogP contribution >= 0.6 is 0 Å². The van der Waals surface area contributed by atoms with Crippen molar-refractivity contribution in [1.82, 2.24) is 5.32 Å². The Bertz CT molecular complexity index is 215. The van der Waals surface area contributed by atoms with E-state index < -0.39 is 0 Å². The number of ether oxygens (including phenoxy) is 1. The lowest BCUT2D eigenvalue weighted by Crippen LogP contribution is -2.36. The molecule has 0 aromatic carbocycles. The zero-order valence-electron chi connectivity index (χ0n) is 11.6. The van der Waals surface area contributed by atoms with Crippen LogP contribution in [0.1, 0.15) is 51.9 Å². The van der Waals surface area contributed by atoms with Crippen molar-refractivity contribution >= 4 is 0 Å². The minimum atomic E-state index is 0.802. The third kappa shape index (κ3) is 4.26. The molecule has 100 valence electrons. The highest BCUT2D eigenvalue weighted by Crippen LogP contribution is 2.36. The van der Waals surface area contributed by atoms with Gasteiger partial charge in [0, 0.05) is 19.8 Å². The maximum absolute atomic E-state index is 5.43. The molecule has 0 aromatic heterocycles. The molecular formula is C15H29NO. The Morgan fingerprint density at radius 3 is 2.59 bits per heavy atom. The third-order valence-electron chi connectivity index (χ3n) is 4.57. The number of rotatable bonds is 7. The molecule has 3 atom stereocenters. The highest BCUT2D eigenvalue weighted by Gasteiger charge is 2.31. The quantitative estimate of drug-likeness (QED) is 0.736. The fraction of sp³-hybridized carbons (Fsp3) is 1.00. The van der Waals surface area contributed by atoms with Crippen LogP contribution in [0.4, 0.5) is 0 Å². The van der Waals surface area contributed by atoms with Crippen LogP contribution in [-0.2, 0) is 4.74 Å². The lowest BCUT2D eigenvalue weighted by molar-refractivity contribution is 0.0711. The molecule has 3 unspecified atom stereocenters. The molecule has 0 radical (unpaired) electrons. The summed E-state index contributed by atoms with van der Waals surface area (Å²) in [5.41, 5.74) is 0. The highest BCUT2D eigenvalue weighted by molar-refractivity contribution is 4.86. The monoisotopic (exact) mass is 239 g/mol. The van der Waals surface area contributed by atoms with Crippen molar-refractivity contribution in [3.05, 3.63) is 0 Å². The summed E-state index contributed by atoms with van der Waals surface area (Å²) < 4.78 is 5.43. The lowest BCUT2D eigenvalue weighted by Gasteiger charge is -2.36. The molecule has 0 saturated heterocycles. The van der Waals surface area contributed by atoms with Crippen LogP contribution in [-0.4, -0.2) is 26.3 Å². The van der Waals surface area contributed by atoms with E-state index in [2.05, 4.69) is 12.2 Å². The molecule has 2 aliphatic rings. The third-order valence-corrected chi connectivity index (χ3v) is 4.57. The van der Waals surface area contributed by atoms with Gasteiger partial charge in [0.1, 0.15) is 0 Å². The summed E-state index contributed by atoms with van der Waals surface area (Å²) in [4.78, 5) is 0. The Hall–Kier alpha value is -0.0800. The first-order valence-electron chi connectivity index (χ1n) is 7.55. The van der Waals surface area contributed by atoms with Crippen LogP contribution in [0, 0.1) is 17.8 Å². The largest absolute Gasteiger partial charge is 0.384 e. The van der Waals surface area contributed by atoms with E-state index in [0.29, 0.717) is 0 Å². The van der Waals surface area contributed by atoms with Gasteiger partial charge in [0.05, 0.1) is 0 Å². The fourth-order valence-electron chi connectivity index (χ4n) is 3.39. The smallest absolute Gasteiger partial charge is 0.0493 e. The summed E-state index contributed by atoms with van der Waals surface area (Å²) in [7, 11) is 1.86. The minimum absolute atomic E-state index is 0.802. The van der Waals surface area contributed by atoms with E-state index in [1.807, 2.05) is 7.11 Å². The standard InChI is InChI=1S/C15H29NO/c1-3-4-12-5-6-13(10-16-15-7-8-15)14(9-12)11-17-2/h12-16H,3-11H2,1-2H3. The van der Waals surface area contributed by atoms with Crippen molar-refractivity contribution in [2.24, 2.45) is 17.8 Å². The van der Waals surface area contributed by atoms with E-state index in [1.165, 1.54) is 51.5 Å². The summed E-state index contributed by atoms with van der Waals surface area (Å²) in [6.07, 6.45) is 9.83. The first kappa shape index (κ1) is 13.4. The van der Waals surface area contributed by atoms with Gasteiger partial charge in [-0.25, -0.2) is 0 Å².